The van der Waals surface area contributed by atoms with Gasteiger partial charge in [0, 0.05) is 6.54 Å². The fourth-order valence-electron chi connectivity index (χ4n) is 3.69. The van der Waals surface area contributed by atoms with Crippen molar-refractivity contribution < 1.29 is 23.8 Å². The molecule has 0 aliphatic carbocycles. The molecule has 0 bridgehead atoms. The van der Waals surface area contributed by atoms with Crippen LogP contribution in [0.5, 0.6) is 11.5 Å². The van der Waals surface area contributed by atoms with Crippen LogP contribution in [0.3, 0.4) is 0 Å². The number of likely N-dealkylation sites (tertiary alicyclic amines) is 1. The third-order valence-electron chi connectivity index (χ3n) is 5.25. The molecule has 0 unspecified atom stereocenters. The zero-order valence-corrected chi connectivity index (χ0v) is 17.6. The Labute approximate surface area is 176 Å². The molecule has 2 aromatic rings. The molecule has 30 heavy (non-hydrogen) atoms. The Balaban J connectivity index is 1.61. The quantitative estimate of drug-likeness (QED) is 0.751. The van der Waals surface area contributed by atoms with E-state index in [1.807, 2.05) is 53.4 Å². The van der Waals surface area contributed by atoms with E-state index in [9.17, 15) is 9.59 Å². The highest BCUT2D eigenvalue weighted by Crippen LogP contribution is 2.37. The van der Waals surface area contributed by atoms with Crippen molar-refractivity contribution in [1.29, 1.82) is 0 Å². The Morgan fingerprint density at radius 2 is 1.83 bits per heavy atom. The Morgan fingerprint density at radius 1 is 1.10 bits per heavy atom. The number of nitrogens with one attached hydrogen (secondary N) is 1. The van der Waals surface area contributed by atoms with Crippen LogP contribution in [0.15, 0.2) is 48.5 Å². The predicted octanol–water partition coefficient (Wildman–Crippen LogP) is 3.68. The van der Waals surface area contributed by atoms with Crippen LogP contribution in [0.25, 0.3) is 0 Å². The van der Waals surface area contributed by atoms with Gasteiger partial charge >= 0.3 is 6.09 Å². The van der Waals surface area contributed by atoms with Gasteiger partial charge in [-0.2, -0.15) is 0 Å². The lowest BCUT2D eigenvalue weighted by Gasteiger charge is -2.28. The molecule has 0 saturated carbocycles. The summed E-state index contributed by atoms with van der Waals surface area (Å²) >= 11 is 0. The summed E-state index contributed by atoms with van der Waals surface area (Å²) in [4.78, 5) is 26.9. The van der Waals surface area contributed by atoms with E-state index in [1.54, 1.807) is 21.1 Å². The van der Waals surface area contributed by atoms with Crippen molar-refractivity contribution in [3.8, 4) is 11.5 Å². The van der Waals surface area contributed by atoms with Crippen molar-refractivity contribution in [3.63, 3.8) is 0 Å². The average molecular weight is 412 g/mol. The smallest absolute Gasteiger partial charge is 0.408 e. The minimum atomic E-state index is -0.686. The molecule has 1 heterocycles. The topological polar surface area (TPSA) is 77.1 Å². The van der Waals surface area contributed by atoms with Gasteiger partial charge in [0.2, 0.25) is 5.91 Å². The molecule has 0 spiro atoms. The van der Waals surface area contributed by atoms with Gasteiger partial charge in [0.1, 0.15) is 12.6 Å². The third kappa shape index (κ3) is 5.03. The second-order valence-corrected chi connectivity index (χ2v) is 7.23. The van der Waals surface area contributed by atoms with Crippen molar-refractivity contribution in [2.45, 2.75) is 38.5 Å². The van der Waals surface area contributed by atoms with Gasteiger partial charge in [-0.1, -0.05) is 36.4 Å². The molecule has 160 valence electrons. The molecule has 1 N–H and O–H groups in total. The first-order valence-electron chi connectivity index (χ1n) is 10.0. The maximum atomic E-state index is 13.0. The molecule has 7 nitrogen and oxygen atoms in total. The SMILES string of the molecule is COc1ccc([C@@H]2CCCN2C(=O)[C@@H](C)NC(=O)OCc2ccccc2)cc1OC. The Hall–Kier alpha value is -3.22. The van der Waals surface area contributed by atoms with E-state index in [4.69, 9.17) is 14.2 Å². The van der Waals surface area contributed by atoms with Crippen LogP contribution in [0.1, 0.15) is 36.9 Å². The summed E-state index contributed by atoms with van der Waals surface area (Å²) in [6.07, 6.45) is 1.14. The maximum absolute atomic E-state index is 13.0. The largest absolute Gasteiger partial charge is 0.493 e. The van der Waals surface area contributed by atoms with Crippen molar-refractivity contribution in [2.24, 2.45) is 0 Å². The number of carbonyl (C=O) groups excluding carboxylic acids is 2. The molecule has 1 fully saturated rings. The van der Waals surface area contributed by atoms with Gasteiger partial charge in [-0.05, 0) is 43.0 Å². The number of hydrogen-bond donors (Lipinski definition) is 1. The first-order chi connectivity index (χ1) is 14.5. The summed E-state index contributed by atoms with van der Waals surface area (Å²) in [5.74, 6) is 1.14. The van der Waals surface area contributed by atoms with Crippen molar-refractivity contribution >= 4 is 12.0 Å². The van der Waals surface area contributed by atoms with E-state index in [0.717, 1.165) is 24.0 Å². The van der Waals surface area contributed by atoms with E-state index in [2.05, 4.69) is 5.32 Å². The monoisotopic (exact) mass is 412 g/mol. The lowest BCUT2D eigenvalue weighted by atomic mass is 10.0. The predicted molar refractivity (Wildman–Crippen MR) is 112 cm³/mol. The van der Waals surface area contributed by atoms with E-state index in [-0.39, 0.29) is 18.6 Å². The number of alkyl carbamates (subject to hydrolysis) is 1. The maximum Gasteiger partial charge on any atom is 0.408 e. The van der Waals surface area contributed by atoms with Crippen molar-refractivity contribution in [1.82, 2.24) is 10.2 Å². The normalized spacial score (nSPS) is 16.6. The summed E-state index contributed by atoms with van der Waals surface area (Å²) in [7, 11) is 3.18. The first kappa shape index (κ1) is 21.5. The molecule has 3 rings (SSSR count). The number of nitrogens with zero attached hydrogens (tertiary/aromatic N) is 1. The highest BCUT2D eigenvalue weighted by molar-refractivity contribution is 5.85. The summed E-state index contributed by atoms with van der Waals surface area (Å²) in [5, 5.41) is 2.64. The molecular formula is C23H28N2O5. The van der Waals surface area contributed by atoms with Gasteiger partial charge in [-0.15, -0.1) is 0 Å². The fraction of sp³-hybridized carbons (Fsp3) is 0.391. The number of hydrogen-bond acceptors (Lipinski definition) is 5. The van der Waals surface area contributed by atoms with Crippen LogP contribution in [0.4, 0.5) is 4.79 Å². The molecule has 7 heteroatoms. The number of benzene rings is 2. The van der Waals surface area contributed by atoms with Crippen molar-refractivity contribution in [2.75, 3.05) is 20.8 Å². The van der Waals surface area contributed by atoms with Gasteiger partial charge in [0.15, 0.2) is 11.5 Å². The zero-order chi connectivity index (χ0) is 21.5. The van der Waals surface area contributed by atoms with Gasteiger partial charge in [-0.3, -0.25) is 4.79 Å². The molecule has 1 aliphatic rings. The highest BCUT2D eigenvalue weighted by atomic mass is 16.5. The molecule has 0 radical (unpaired) electrons. The molecule has 1 saturated heterocycles. The fourth-order valence-corrected chi connectivity index (χ4v) is 3.69. The van der Waals surface area contributed by atoms with Crippen molar-refractivity contribution in [3.05, 3.63) is 59.7 Å². The number of ether oxygens (including phenoxy) is 3. The second-order valence-electron chi connectivity index (χ2n) is 7.23. The molecule has 2 aromatic carbocycles. The number of rotatable bonds is 7. The lowest BCUT2D eigenvalue weighted by Crippen LogP contribution is -2.46. The Morgan fingerprint density at radius 3 is 2.53 bits per heavy atom. The van der Waals surface area contributed by atoms with Gasteiger partial charge < -0.3 is 24.4 Å². The standard InChI is InChI=1S/C23H28N2O5/c1-16(24-23(27)30-15-17-8-5-4-6-9-17)22(26)25-13-7-10-19(25)18-11-12-20(28-2)21(14-18)29-3/h4-6,8-9,11-12,14,16,19H,7,10,13,15H2,1-3H3,(H,24,27)/t16-,19+/m1/s1. The van der Waals surface area contributed by atoms with Crippen LogP contribution >= 0.6 is 0 Å². The lowest BCUT2D eigenvalue weighted by molar-refractivity contribution is -0.133. The Bertz CT molecular complexity index is 871. The second kappa shape index (κ2) is 10.0. The summed E-state index contributed by atoms with van der Waals surface area (Å²) < 4.78 is 15.9. The molecule has 1 aliphatic heterocycles. The third-order valence-corrected chi connectivity index (χ3v) is 5.25. The molecule has 2 atom stereocenters. The van der Waals surface area contributed by atoms with Gasteiger partial charge in [-0.25, -0.2) is 4.79 Å². The Kier molecular flexibility index (Phi) is 7.17. The number of amides is 2. The van der Waals surface area contributed by atoms with Crippen LogP contribution < -0.4 is 14.8 Å². The molecule has 0 aromatic heterocycles. The van der Waals surface area contributed by atoms with Gasteiger partial charge in [0.25, 0.3) is 0 Å². The van der Waals surface area contributed by atoms with E-state index < -0.39 is 12.1 Å². The van der Waals surface area contributed by atoms with Crippen LogP contribution in [-0.4, -0.2) is 43.7 Å². The number of methoxy groups -OCH3 is 2. The van der Waals surface area contributed by atoms with E-state index >= 15 is 0 Å². The molecular weight excluding hydrogens is 384 g/mol. The first-order valence-corrected chi connectivity index (χ1v) is 10.0. The number of carbonyl (C=O) groups is 2. The highest BCUT2D eigenvalue weighted by Gasteiger charge is 2.33. The zero-order valence-electron chi connectivity index (χ0n) is 17.6. The summed E-state index contributed by atoms with van der Waals surface area (Å²) in [6.45, 7) is 2.48. The van der Waals surface area contributed by atoms with Crippen LogP contribution in [-0.2, 0) is 16.1 Å². The van der Waals surface area contributed by atoms with Crippen LogP contribution in [0.2, 0.25) is 0 Å². The summed E-state index contributed by atoms with van der Waals surface area (Å²) in [6, 6.07) is 14.3. The van der Waals surface area contributed by atoms with Gasteiger partial charge in [0.05, 0.1) is 20.3 Å². The summed E-state index contributed by atoms with van der Waals surface area (Å²) in [5.41, 5.74) is 1.87. The molecule has 2 amide bonds. The minimum Gasteiger partial charge on any atom is -0.493 e. The average Bonchev–Trinajstić information content (AvgIpc) is 3.27. The van der Waals surface area contributed by atoms with E-state index in [1.165, 1.54) is 0 Å². The minimum absolute atomic E-state index is 0.0677. The van der Waals surface area contributed by atoms with Crippen LogP contribution in [0, 0.1) is 0 Å². The van der Waals surface area contributed by atoms with E-state index in [0.29, 0.717) is 18.0 Å².